The van der Waals surface area contributed by atoms with E-state index in [9.17, 15) is 8.42 Å². The van der Waals surface area contributed by atoms with Gasteiger partial charge in [-0.1, -0.05) is 17.7 Å². The van der Waals surface area contributed by atoms with E-state index in [2.05, 4.69) is 23.1 Å². The average Bonchev–Trinajstić information content (AvgIpc) is 2.56. The molecule has 3 aliphatic heterocycles. The predicted octanol–water partition coefficient (Wildman–Crippen LogP) is 1.75. The molecule has 1 aromatic carbocycles. The highest BCUT2D eigenvalue weighted by Crippen LogP contribution is 2.59. The third-order valence-electron chi connectivity index (χ3n) is 5.13. The molecule has 3 fully saturated rings. The number of sulfonamides is 1. The van der Waals surface area contributed by atoms with Crippen molar-refractivity contribution in [1.82, 2.24) is 18.9 Å². The number of aryl methyl sites for hydroxylation is 1. The summed E-state index contributed by atoms with van der Waals surface area (Å²) in [7, 11) is -0.205. The van der Waals surface area contributed by atoms with E-state index in [0.717, 1.165) is 44.8 Å². The van der Waals surface area contributed by atoms with Crippen LogP contribution in [0.1, 0.15) is 5.56 Å². The summed E-state index contributed by atoms with van der Waals surface area (Å²) in [5.41, 5.74) is 1.04. The Balaban J connectivity index is 2.16. The fraction of sp³-hybridized carbons (Fsp3) is 0.625. The summed E-state index contributed by atoms with van der Waals surface area (Å²) in [6.07, 6.45) is 0. The van der Waals surface area contributed by atoms with Crippen LogP contribution in [-0.2, 0) is 10.0 Å². The van der Waals surface area contributed by atoms with E-state index in [1.165, 1.54) is 0 Å². The maximum absolute atomic E-state index is 13.1. The second-order valence-electron chi connectivity index (χ2n) is 6.89. The molecule has 0 amide bonds. The molecule has 0 aliphatic carbocycles. The molecular formula is C16H28N5O2PS. The van der Waals surface area contributed by atoms with Gasteiger partial charge in [0.1, 0.15) is 0 Å². The fourth-order valence-electron chi connectivity index (χ4n) is 3.47. The molecule has 25 heavy (non-hydrogen) atoms. The van der Waals surface area contributed by atoms with Crippen LogP contribution in [0.3, 0.4) is 0 Å². The van der Waals surface area contributed by atoms with Gasteiger partial charge in [0.25, 0.3) is 10.0 Å². The van der Waals surface area contributed by atoms with Crippen LogP contribution >= 0.6 is 7.51 Å². The second kappa shape index (κ2) is 7.10. The molecule has 0 unspecified atom stereocenters. The largest absolute Gasteiger partial charge is 0.299 e. The Morgan fingerprint density at radius 2 is 1.28 bits per heavy atom. The van der Waals surface area contributed by atoms with Gasteiger partial charge in [-0.15, -0.1) is 4.15 Å². The summed E-state index contributed by atoms with van der Waals surface area (Å²) in [6, 6.07) is 6.96. The summed E-state index contributed by atoms with van der Waals surface area (Å²) in [4.78, 5) is 2.71. The highest BCUT2D eigenvalue weighted by atomic mass is 32.2. The molecule has 4 rings (SSSR count). The van der Waals surface area contributed by atoms with Crippen LogP contribution in [0.25, 0.3) is 0 Å². The molecule has 0 aromatic heterocycles. The first kappa shape index (κ1) is 19.0. The first-order chi connectivity index (χ1) is 11.8. The van der Waals surface area contributed by atoms with Crippen molar-refractivity contribution in [3.63, 3.8) is 0 Å². The number of rotatable bonds is 2. The second-order valence-corrected chi connectivity index (χ2v) is 12.1. The zero-order valence-electron chi connectivity index (χ0n) is 15.5. The lowest BCUT2D eigenvalue weighted by molar-refractivity contribution is 0.186. The number of hydrogen-bond acceptors (Lipinski definition) is 3. The smallest absolute Gasteiger partial charge is 0.284 e. The Morgan fingerprint density at radius 1 is 0.840 bits per heavy atom. The average molecular weight is 385 g/mol. The number of hydrogen-bond donors (Lipinski definition) is 0. The molecule has 3 saturated heterocycles. The van der Waals surface area contributed by atoms with Crippen LogP contribution in [0, 0.1) is 6.92 Å². The zero-order valence-corrected chi connectivity index (χ0v) is 17.2. The number of fused-ring (bicyclic) bond motifs is 6. The van der Waals surface area contributed by atoms with Crippen molar-refractivity contribution in [3.05, 3.63) is 29.8 Å². The van der Waals surface area contributed by atoms with Crippen molar-refractivity contribution in [2.45, 2.75) is 11.8 Å². The van der Waals surface area contributed by atoms with Crippen LogP contribution in [0.5, 0.6) is 0 Å². The lowest BCUT2D eigenvalue weighted by atomic mass is 10.2. The molecule has 0 atom stereocenters. The van der Waals surface area contributed by atoms with E-state index >= 15 is 0 Å². The molecule has 140 valence electrons. The maximum Gasteiger partial charge on any atom is 0.284 e. The molecule has 0 N–H and O–H groups in total. The number of benzene rings is 1. The van der Waals surface area contributed by atoms with Crippen molar-refractivity contribution in [3.8, 4) is 0 Å². The van der Waals surface area contributed by atoms with Crippen LogP contribution in [-0.4, -0.2) is 87.7 Å². The Labute approximate surface area is 151 Å². The van der Waals surface area contributed by atoms with Crippen molar-refractivity contribution >= 4 is 17.5 Å². The molecule has 3 aliphatic rings. The highest BCUT2D eigenvalue weighted by molar-refractivity contribution is 7.93. The van der Waals surface area contributed by atoms with Gasteiger partial charge in [-0.05, 0) is 40.2 Å². The molecule has 7 nitrogen and oxygen atoms in total. The van der Waals surface area contributed by atoms with Gasteiger partial charge in [-0.25, -0.2) is 14.0 Å². The first-order valence-electron chi connectivity index (χ1n) is 8.58. The fourth-order valence-corrected chi connectivity index (χ4v) is 9.61. The van der Waals surface area contributed by atoms with E-state index in [1.54, 1.807) is 12.1 Å². The minimum Gasteiger partial charge on any atom is -0.299 e. The molecule has 0 saturated carbocycles. The van der Waals surface area contributed by atoms with E-state index in [1.807, 2.05) is 40.2 Å². The highest BCUT2D eigenvalue weighted by Gasteiger charge is 2.40. The summed E-state index contributed by atoms with van der Waals surface area (Å²) < 4.78 is 37.3. The van der Waals surface area contributed by atoms with Gasteiger partial charge in [-0.2, -0.15) is 8.42 Å². The standard InChI is InChI=1S/C16H28N5O2PS/c1-15-5-7-16(8-6-15)25(22,23)17-24-18(2)9-12-21(13-10-19(24)3)14-11-20(24)4/h5-8H,9-14H2,1-4H3. The number of nitrogens with zero attached hydrogens (tertiary/aromatic N) is 5. The minimum absolute atomic E-state index is 0.272. The molecule has 0 spiro atoms. The Morgan fingerprint density at radius 3 is 1.72 bits per heavy atom. The number of likely N-dealkylation sites (N-methyl/N-ethyl adjacent to an activating group) is 3. The lowest BCUT2D eigenvalue weighted by Crippen LogP contribution is -2.51. The third kappa shape index (κ3) is 3.56. The van der Waals surface area contributed by atoms with E-state index in [4.69, 9.17) is 0 Å². The van der Waals surface area contributed by atoms with Gasteiger partial charge < -0.3 is 0 Å². The van der Waals surface area contributed by atoms with E-state index in [0.29, 0.717) is 0 Å². The van der Waals surface area contributed by atoms with Crippen LogP contribution < -0.4 is 0 Å². The van der Waals surface area contributed by atoms with Gasteiger partial charge in [-0.3, -0.25) is 4.90 Å². The topological polar surface area (TPSA) is 59.5 Å². The minimum atomic E-state index is -3.73. The molecule has 9 heteroatoms. The predicted molar refractivity (Wildman–Crippen MR) is 102 cm³/mol. The lowest BCUT2D eigenvalue weighted by Gasteiger charge is -2.50. The van der Waals surface area contributed by atoms with Crippen molar-refractivity contribution in [2.24, 2.45) is 4.15 Å². The molecule has 3 heterocycles. The van der Waals surface area contributed by atoms with Crippen molar-refractivity contribution in [2.75, 3.05) is 60.4 Å². The zero-order chi connectivity index (χ0) is 18.2. The van der Waals surface area contributed by atoms with E-state index < -0.39 is 17.5 Å². The molecule has 0 radical (unpaired) electrons. The quantitative estimate of drug-likeness (QED) is 0.723. The molecular weight excluding hydrogens is 357 g/mol. The Hall–Kier alpha value is -0.760. The van der Waals surface area contributed by atoms with Crippen LogP contribution in [0.4, 0.5) is 0 Å². The van der Waals surface area contributed by atoms with Crippen molar-refractivity contribution < 1.29 is 8.42 Å². The van der Waals surface area contributed by atoms with Gasteiger partial charge in [0, 0.05) is 39.3 Å². The first-order valence-corrected chi connectivity index (χ1v) is 11.6. The molecule has 1 aromatic rings. The maximum atomic E-state index is 13.1. The Kier molecular flexibility index (Phi) is 5.40. The SMILES string of the molecule is Cc1ccc(S(=O)(=O)N=P23N(C)CCN(CCN2C)CCN3C)cc1. The van der Waals surface area contributed by atoms with Crippen LogP contribution in [0.15, 0.2) is 33.3 Å². The summed E-state index contributed by atoms with van der Waals surface area (Å²) >= 11 is 0. The Bertz CT molecular complexity index is 737. The summed E-state index contributed by atoms with van der Waals surface area (Å²) in [6.45, 7) is 7.27. The van der Waals surface area contributed by atoms with E-state index in [-0.39, 0.29) is 4.90 Å². The van der Waals surface area contributed by atoms with Gasteiger partial charge in [0.15, 0.2) is 7.51 Å². The summed E-state index contributed by atoms with van der Waals surface area (Å²) in [5, 5.41) is 0. The monoisotopic (exact) mass is 385 g/mol. The van der Waals surface area contributed by atoms with Gasteiger partial charge in [0.2, 0.25) is 0 Å². The third-order valence-corrected chi connectivity index (χ3v) is 11.1. The normalized spacial score (nSPS) is 29.8. The van der Waals surface area contributed by atoms with Gasteiger partial charge in [0.05, 0.1) is 4.90 Å². The van der Waals surface area contributed by atoms with Gasteiger partial charge >= 0.3 is 0 Å². The molecule has 2 bridgehead atoms. The van der Waals surface area contributed by atoms with Crippen LogP contribution in [0.2, 0.25) is 0 Å². The summed E-state index contributed by atoms with van der Waals surface area (Å²) in [5.74, 6) is 0. The van der Waals surface area contributed by atoms with Crippen molar-refractivity contribution in [1.29, 1.82) is 0 Å².